The van der Waals surface area contributed by atoms with Crippen LogP contribution >= 0.6 is 11.8 Å². The van der Waals surface area contributed by atoms with Crippen LogP contribution in [0.2, 0.25) is 0 Å². The number of hydrogen-bond acceptors (Lipinski definition) is 6. The van der Waals surface area contributed by atoms with Crippen molar-refractivity contribution in [1.29, 1.82) is 0 Å². The lowest BCUT2D eigenvalue weighted by molar-refractivity contribution is -0.274. The monoisotopic (exact) mass is 654 g/mol. The summed E-state index contributed by atoms with van der Waals surface area (Å²) in [4.78, 5) is 23.2. The van der Waals surface area contributed by atoms with Crippen LogP contribution in [0.3, 0.4) is 0 Å². The number of aromatic nitrogens is 3. The van der Waals surface area contributed by atoms with Crippen LogP contribution in [0.1, 0.15) is 37.3 Å². The third-order valence-corrected chi connectivity index (χ3v) is 7.96. The summed E-state index contributed by atoms with van der Waals surface area (Å²) in [6.45, 7) is 4.87. The Morgan fingerprint density at radius 2 is 1.78 bits per heavy atom. The molecular formula is C32H30F4N6O3S. The first kappa shape index (κ1) is 32.5. The van der Waals surface area contributed by atoms with E-state index in [0.717, 1.165) is 35.4 Å². The fraction of sp³-hybridized carbons (Fsp3) is 0.250. The number of thioether (sulfide) groups is 1. The second-order valence-corrected chi connectivity index (χ2v) is 11.5. The number of hydrogen-bond donors (Lipinski definition) is 1. The number of alkyl halides is 3. The number of nitrogens with one attached hydrogen (secondary N) is 1. The van der Waals surface area contributed by atoms with Gasteiger partial charge in [-0.1, -0.05) is 49.9 Å². The van der Waals surface area contributed by atoms with E-state index >= 15 is 0 Å². The Morgan fingerprint density at radius 1 is 1.07 bits per heavy atom. The third-order valence-electron chi connectivity index (χ3n) is 6.90. The molecule has 14 heteroatoms. The van der Waals surface area contributed by atoms with Crippen LogP contribution < -0.4 is 19.7 Å². The molecule has 1 aliphatic rings. The summed E-state index contributed by atoms with van der Waals surface area (Å²) in [6.07, 6.45) is -1.49. The van der Waals surface area contributed by atoms with Crippen molar-refractivity contribution in [1.82, 2.24) is 20.1 Å². The highest BCUT2D eigenvalue weighted by atomic mass is 32.2. The largest absolute Gasteiger partial charge is 0.573 e. The summed E-state index contributed by atoms with van der Waals surface area (Å²) in [5.41, 5.74) is 3.28. The number of carbonyl (C=O) groups excluding carboxylic acids is 1. The second kappa shape index (κ2) is 14.1. The zero-order valence-corrected chi connectivity index (χ0v) is 25.9. The molecule has 1 fully saturated rings. The van der Waals surface area contributed by atoms with Crippen molar-refractivity contribution >= 4 is 34.5 Å². The van der Waals surface area contributed by atoms with Gasteiger partial charge < -0.3 is 19.7 Å². The Labute approximate surface area is 266 Å². The number of ether oxygens (including phenoxy) is 2. The highest BCUT2D eigenvalue weighted by molar-refractivity contribution is 8.14. The topological polar surface area (TPSA) is 93.9 Å². The molecular weight excluding hydrogens is 624 g/mol. The summed E-state index contributed by atoms with van der Waals surface area (Å²) < 4.78 is 62.9. The van der Waals surface area contributed by atoms with Gasteiger partial charge in [-0.05, 0) is 60.4 Å². The molecule has 3 aromatic carbocycles. The van der Waals surface area contributed by atoms with Crippen molar-refractivity contribution in [3.8, 4) is 28.6 Å². The molecule has 1 aliphatic heterocycles. The lowest BCUT2D eigenvalue weighted by atomic mass is 10.00. The fourth-order valence-corrected chi connectivity index (χ4v) is 5.62. The Morgan fingerprint density at radius 3 is 2.46 bits per heavy atom. The van der Waals surface area contributed by atoms with Gasteiger partial charge in [0.2, 0.25) is 0 Å². The minimum atomic E-state index is -4.78. The smallest absolute Gasteiger partial charge is 0.497 e. The van der Waals surface area contributed by atoms with Gasteiger partial charge in [0.1, 0.15) is 23.7 Å². The summed E-state index contributed by atoms with van der Waals surface area (Å²) in [5.74, 6) is 1.06. The molecule has 46 heavy (non-hydrogen) atoms. The summed E-state index contributed by atoms with van der Waals surface area (Å²) in [5, 5.41) is 7.30. The molecule has 0 unspecified atom stereocenters. The lowest BCUT2D eigenvalue weighted by Crippen LogP contribution is -2.36. The third kappa shape index (κ3) is 8.05. The molecule has 0 bridgehead atoms. The maximum absolute atomic E-state index is 15.0. The predicted molar refractivity (Wildman–Crippen MR) is 170 cm³/mol. The van der Waals surface area contributed by atoms with Gasteiger partial charge in [-0.25, -0.2) is 18.9 Å². The van der Waals surface area contributed by atoms with Gasteiger partial charge in [-0.2, -0.15) is 4.99 Å². The molecule has 0 atom stereocenters. The van der Waals surface area contributed by atoms with E-state index in [9.17, 15) is 22.4 Å². The number of rotatable bonds is 8. The van der Waals surface area contributed by atoms with Gasteiger partial charge in [0.15, 0.2) is 11.0 Å². The van der Waals surface area contributed by atoms with E-state index in [0.29, 0.717) is 28.8 Å². The van der Waals surface area contributed by atoms with Gasteiger partial charge in [0.05, 0.1) is 12.8 Å². The SMILES string of the molecule is COc1ccc(N2CCCS/C2=N\C(=O)N/C=C(\F)c2ccc(-c3ncn(-c4ccc(OC(F)(F)F)cc4)n3)cc2)c(C(C)C)c1. The van der Waals surface area contributed by atoms with Crippen molar-refractivity contribution in [3.63, 3.8) is 0 Å². The quantitative estimate of drug-likeness (QED) is 0.193. The molecule has 2 heterocycles. The standard InChI is InChI=1S/C32H30F4N6O3S/c1-20(2)26-17-25(44-3)13-14-28(26)41-15-4-16-46-31(41)39-30(43)37-18-27(33)21-5-7-22(8-6-21)29-38-19-42(40-29)23-9-11-24(12-10-23)45-32(34,35)36/h5-14,17-20H,4,15-16H2,1-3H3,(H,37,43)/b27-18-,39-31-. The predicted octanol–water partition coefficient (Wildman–Crippen LogP) is 7.94. The average Bonchev–Trinajstić information content (AvgIpc) is 3.54. The molecule has 2 amide bonds. The normalized spacial score (nSPS) is 14.9. The van der Waals surface area contributed by atoms with Gasteiger partial charge >= 0.3 is 12.4 Å². The fourth-order valence-electron chi connectivity index (χ4n) is 4.67. The van der Waals surface area contributed by atoms with E-state index in [1.807, 2.05) is 23.1 Å². The number of carbonyl (C=O) groups is 1. The van der Waals surface area contributed by atoms with E-state index < -0.39 is 18.2 Å². The maximum Gasteiger partial charge on any atom is 0.573 e. The number of nitrogens with zero attached hydrogens (tertiary/aromatic N) is 5. The zero-order valence-electron chi connectivity index (χ0n) is 25.1. The minimum absolute atomic E-state index is 0.213. The van der Waals surface area contributed by atoms with Crippen molar-refractivity contribution in [2.75, 3.05) is 24.3 Å². The summed E-state index contributed by atoms with van der Waals surface area (Å²) in [6, 6.07) is 16.5. The van der Waals surface area contributed by atoms with Crippen molar-refractivity contribution < 1.29 is 31.8 Å². The number of benzene rings is 3. The molecule has 5 rings (SSSR count). The Balaban J connectivity index is 1.24. The van der Waals surface area contributed by atoms with E-state index in [4.69, 9.17) is 4.74 Å². The average molecular weight is 655 g/mol. The van der Waals surface area contributed by atoms with Gasteiger partial charge in [-0.15, -0.1) is 18.3 Å². The molecule has 0 saturated carbocycles. The molecule has 0 spiro atoms. The summed E-state index contributed by atoms with van der Waals surface area (Å²) in [7, 11) is 1.62. The maximum atomic E-state index is 15.0. The van der Waals surface area contributed by atoms with Crippen LogP contribution in [-0.4, -0.2) is 51.7 Å². The van der Waals surface area contributed by atoms with Crippen LogP contribution in [-0.2, 0) is 0 Å². The molecule has 4 aromatic rings. The number of amidine groups is 1. The molecule has 1 N–H and O–H groups in total. The molecule has 0 aliphatic carbocycles. The van der Waals surface area contributed by atoms with E-state index in [-0.39, 0.29) is 17.2 Å². The number of aliphatic imine (C=N–C) groups is 1. The first-order valence-electron chi connectivity index (χ1n) is 14.2. The minimum Gasteiger partial charge on any atom is -0.497 e. The van der Waals surface area contributed by atoms with Crippen LogP contribution in [0.25, 0.3) is 22.9 Å². The second-order valence-electron chi connectivity index (χ2n) is 10.4. The van der Waals surface area contributed by atoms with Gasteiger partial charge in [0, 0.05) is 35.3 Å². The number of urea groups is 1. The van der Waals surface area contributed by atoms with Crippen molar-refractivity contribution in [3.05, 3.63) is 90.4 Å². The Kier molecular flexibility index (Phi) is 9.95. The molecule has 1 aromatic heterocycles. The number of methoxy groups -OCH3 is 1. The van der Waals surface area contributed by atoms with E-state index in [1.165, 1.54) is 59.2 Å². The first-order valence-corrected chi connectivity index (χ1v) is 15.2. The van der Waals surface area contributed by atoms with Crippen molar-refractivity contribution in [2.45, 2.75) is 32.5 Å². The van der Waals surface area contributed by atoms with Crippen molar-refractivity contribution in [2.24, 2.45) is 4.99 Å². The highest BCUT2D eigenvalue weighted by Gasteiger charge is 2.31. The molecule has 9 nitrogen and oxygen atoms in total. The highest BCUT2D eigenvalue weighted by Crippen LogP contribution is 2.35. The molecule has 240 valence electrons. The van der Waals surface area contributed by atoms with Crippen LogP contribution in [0, 0.1) is 0 Å². The van der Waals surface area contributed by atoms with E-state index in [2.05, 4.69) is 39.0 Å². The lowest BCUT2D eigenvalue weighted by Gasteiger charge is -2.32. The molecule has 0 radical (unpaired) electrons. The number of anilines is 1. The van der Waals surface area contributed by atoms with E-state index in [1.54, 1.807) is 19.2 Å². The first-order chi connectivity index (χ1) is 22.0. The van der Waals surface area contributed by atoms with Crippen LogP contribution in [0.15, 0.2) is 84.2 Å². The van der Waals surface area contributed by atoms with Crippen LogP contribution in [0.4, 0.5) is 28.0 Å². The Hall–Kier alpha value is -4.85. The zero-order chi connectivity index (χ0) is 32.8. The Bertz CT molecular complexity index is 1740. The number of halogens is 4. The van der Waals surface area contributed by atoms with Gasteiger partial charge in [-0.3, -0.25) is 0 Å². The number of amides is 2. The van der Waals surface area contributed by atoms with Gasteiger partial charge in [0.25, 0.3) is 0 Å². The molecule has 1 saturated heterocycles. The summed E-state index contributed by atoms with van der Waals surface area (Å²) >= 11 is 1.47. The van der Waals surface area contributed by atoms with Crippen LogP contribution in [0.5, 0.6) is 11.5 Å².